The van der Waals surface area contributed by atoms with Crippen LogP contribution in [0.3, 0.4) is 0 Å². The number of carbonyl (C=O) groups excluding carboxylic acids is 2. The average Bonchev–Trinajstić information content (AvgIpc) is 2.39. The third-order valence-corrected chi connectivity index (χ3v) is 2.25. The maximum atomic E-state index is 13.6. The first-order valence-electron chi connectivity index (χ1n) is 5.17. The number of aldehydes is 1. The number of benzene rings is 1. The highest BCUT2D eigenvalue weighted by atomic mass is 19.1. The topological polar surface area (TPSA) is 86.5 Å². The van der Waals surface area contributed by atoms with E-state index in [4.69, 9.17) is 0 Å². The molecule has 100 valence electrons. The highest BCUT2D eigenvalue weighted by Crippen LogP contribution is 2.24. The molecule has 0 aliphatic carbocycles. The summed E-state index contributed by atoms with van der Waals surface area (Å²) in [4.78, 5) is 31.5. The summed E-state index contributed by atoms with van der Waals surface area (Å²) in [7, 11) is 1.04. The normalized spacial score (nSPS) is 10.4. The predicted octanol–water partition coefficient (Wildman–Crippen LogP) is 2.12. The fourth-order valence-electron chi connectivity index (χ4n) is 1.38. The van der Waals surface area contributed by atoms with Crippen LogP contribution in [-0.2, 0) is 9.53 Å². The Kier molecular flexibility index (Phi) is 4.87. The first-order valence-corrected chi connectivity index (χ1v) is 5.17. The minimum atomic E-state index is -0.992. The minimum absolute atomic E-state index is 0.0615. The van der Waals surface area contributed by atoms with Crippen molar-refractivity contribution in [3.8, 4) is 0 Å². The molecular formula is C12H10FNO5. The van der Waals surface area contributed by atoms with E-state index in [1.54, 1.807) is 0 Å². The summed E-state index contributed by atoms with van der Waals surface area (Å²) in [6.45, 7) is 0. The number of rotatable bonds is 5. The van der Waals surface area contributed by atoms with E-state index in [1.165, 1.54) is 12.2 Å². The molecular weight excluding hydrogens is 257 g/mol. The molecule has 0 saturated heterocycles. The molecule has 0 amide bonds. The minimum Gasteiger partial charge on any atom is -0.465 e. The molecule has 0 fully saturated rings. The smallest absolute Gasteiger partial charge is 0.344 e. The van der Waals surface area contributed by atoms with Gasteiger partial charge in [0, 0.05) is 18.1 Å². The Labute approximate surface area is 107 Å². The average molecular weight is 267 g/mol. The van der Waals surface area contributed by atoms with E-state index in [0.717, 1.165) is 19.2 Å². The quantitative estimate of drug-likeness (QED) is 0.353. The van der Waals surface area contributed by atoms with Crippen molar-refractivity contribution in [2.75, 3.05) is 7.11 Å². The third-order valence-electron chi connectivity index (χ3n) is 2.25. The summed E-state index contributed by atoms with van der Waals surface area (Å²) < 4.78 is 18.0. The summed E-state index contributed by atoms with van der Waals surface area (Å²) in [6.07, 6.45) is 3.25. The van der Waals surface area contributed by atoms with Crippen LogP contribution in [0.15, 0.2) is 18.2 Å². The number of ether oxygens (including phenoxy) is 1. The molecule has 0 radical (unpaired) electrons. The van der Waals surface area contributed by atoms with Gasteiger partial charge in [-0.05, 0) is 6.07 Å². The van der Waals surface area contributed by atoms with Crippen LogP contribution in [-0.4, -0.2) is 24.3 Å². The first kappa shape index (κ1) is 14.5. The lowest BCUT2D eigenvalue weighted by Crippen LogP contribution is -2.07. The number of methoxy groups -OCH3 is 1. The van der Waals surface area contributed by atoms with Crippen molar-refractivity contribution in [1.82, 2.24) is 0 Å². The Balaban J connectivity index is 3.32. The van der Waals surface area contributed by atoms with Gasteiger partial charge in [0.1, 0.15) is 17.7 Å². The van der Waals surface area contributed by atoms with E-state index in [0.29, 0.717) is 6.29 Å². The van der Waals surface area contributed by atoms with Crippen molar-refractivity contribution in [1.29, 1.82) is 0 Å². The van der Waals surface area contributed by atoms with Gasteiger partial charge >= 0.3 is 5.97 Å². The van der Waals surface area contributed by atoms with E-state index >= 15 is 0 Å². The second kappa shape index (κ2) is 6.39. The van der Waals surface area contributed by atoms with Gasteiger partial charge in [-0.25, -0.2) is 9.18 Å². The van der Waals surface area contributed by atoms with Crippen LogP contribution in [0.1, 0.15) is 22.3 Å². The number of carbonyl (C=O) groups is 2. The number of nitro benzene ring substituents is 1. The molecule has 7 heteroatoms. The van der Waals surface area contributed by atoms with Gasteiger partial charge < -0.3 is 9.53 Å². The third kappa shape index (κ3) is 3.44. The molecule has 0 aliphatic rings. The molecule has 0 unspecified atom stereocenters. The predicted molar refractivity (Wildman–Crippen MR) is 64.1 cm³/mol. The Morgan fingerprint density at radius 3 is 2.74 bits per heavy atom. The van der Waals surface area contributed by atoms with Crippen molar-refractivity contribution >= 4 is 24.0 Å². The van der Waals surface area contributed by atoms with Crippen LogP contribution < -0.4 is 0 Å². The summed E-state index contributed by atoms with van der Waals surface area (Å²) in [5.74, 6) is -1.80. The fraction of sp³-hybridized carbons (Fsp3) is 0.167. The number of hydrogen-bond acceptors (Lipinski definition) is 5. The van der Waals surface area contributed by atoms with E-state index in [-0.39, 0.29) is 12.0 Å². The Morgan fingerprint density at radius 1 is 1.53 bits per heavy atom. The number of esters is 1. The molecule has 1 aromatic carbocycles. The molecule has 0 aromatic heterocycles. The number of halogens is 1. The maximum Gasteiger partial charge on any atom is 0.344 e. The molecule has 0 N–H and O–H groups in total. The number of allylic oxidation sites excluding steroid dienone is 1. The van der Waals surface area contributed by atoms with E-state index in [2.05, 4.69) is 4.74 Å². The van der Waals surface area contributed by atoms with Gasteiger partial charge in [0.05, 0.1) is 12.0 Å². The van der Waals surface area contributed by atoms with Gasteiger partial charge in [-0.3, -0.25) is 10.1 Å². The molecule has 1 aromatic rings. The standard InChI is InChI=1S/C12H10FNO5/c1-19-12(16)9-7-10(13)8(4-2-3-5-15)6-11(9)14(17)18/h2,4-7H,3H2,1H3. The van der Waals surface area contributed by atoms with Crippen LogP contribution >= 0.6 is 0 Å². The zero-order chi connectivity index (χ0) is 14.4. The summed E-state index contributed by atoms with van der Waals surface area (Å²) in [5, 5.41) is 10.8. The first-order chi connectivity index (χ1) is 9.01. The Bertz CT molecular complexity index is 553. The molecule has 0 saturated carbocycles. The van der Waals surface area contributed by atoms with Gasteiger partial charge in [0.25, 0.3) is 5.69 Å². The summed E-state index contributed by atoms with van der Waals surface area (Å²) in [6, 6.07) is 1.66. The van der Waals surface area contributed by atoms with Gasteiger partial charge in [-0.2, -0.15) is 0 Å². The monoisotopic (exact) mass is 267 g/mol. The van der Waals surface area contributed by atoms with E-state index < -0.39 is 28.0 Å². The van der Waals surface area contributed by atoms with E-state index in [9.17, 15) is 24.1 Å². The zero-order valence-electron chi connectivity index (χ0n) is 9.96. The van der Waals surface area contributed by atoms with Gasteiger partial charge in [0.2, 0.25) is 0 Å². The van der Waals surface area contributed by atoms with Crippen LogP contribution in [0.4, 0.5) is 10.1 Å². The molecule has 1 rings (SSSR count). The molecule has 0 heterocycles. The number of nitro groups is 1. The van der Waals surface area contributed by atoms with Crippen molar-refractivity contribution in [2.45, 2.75) is 6.42 Å². The summed E-state index contributed by atoms with van der Waals surface area (Å²) in [5.41, 5.74) is -1.10. The molecule has 0 bridgehead atoms. The summed E-state index contributed by atoms with van der Waals surface area (Å²) >= 11 is 0. The Morgan fingerprint density at radius 2 is 2.21 bits per heavy atom. The lowest BCUT2D eigenvalue weighted by atomic mass is 10.1. The van der Waals surface area contributed by atoms with Gasteiger partial charge in [0.15, 0.2) is 0 Å². The molecule has 19 heavy (non-hydrogen) atoms. The van der Waals surface area contributed by atoms with E-state index in [1.807, 2.05) is 0 Å². The molecule has 6 nitrogen and oxygen atoms in total. The lowest BCUT2D eigenvalue weighted by Gasteiger charge is -2.03. The molecule has 0 aliphatic heterocycles. The van der Waals surface area contributed by atoms with Crippen LogP contribution in [0.25, 0.3) is 6.08 Å². The molecule has 0 atom stereocenters. The van der Waals surface area contributed by atoms with Crippen LogP contribution in [0, 0.1) is 15.9 Å². The number of nitrogens with zero attached hydrogens (tertiary/aromatic N) is 1. The Hall–Kier alpha value is -2.57. The largest absolute Gasteiger partial charge is 0.465 e. The van der Waals surface area contributed by atoms with Gasteiger partial charge in [-0.15, -0.1) is 0 Å². The lowest BCUT2D eigenvalue weighted by molar-refractivity contribution is -0.385. The highest BCUT2D eigenvalue weighted by molar-refractivity contribution is 5.94. The van der Waals surface area contributed by atoms with Gasteiger partial charge in [-0.1, -0.05) is 12.2 Å². The van der Waals surface area contributed by atoms with Crippen molar-refractivity contribution in [3.05, 3.63) is 45.3 Å². The van der Waals surface area contributed by atoms with Crippen molar-refractivity contribution in [2.24, 2.45) is 0 Å². The van der Waals surface area contributed by atoms with Crippen LogP contribution in [0.5, 0.6) is 0 Å². The van der Waals surface area contributed by atoms with Crippen molar-refractivity contribution in [3.63, 3.8) is 0 Å². The van der Waals surface area contributed by atoms with Crippen molar-refractivity contribution < 1.29 is 23.6 Å². The van der Waals surface area contributed by atoms with Crippen LogP contribution in [0.2, 0.25) is 0 Å². The number of hydrogen-bond donors (Lipinski definition) is 0. The second-order valence-electron chi connectivity index (χ2n) is 3.44. The zero-order valence-corrected chi connectivity index (χ0v) is 9.96. The second-order valence-corrected chi connectivity index (χ2v) is 3.44. The molecule has 0 spiro atoms. The highest BCUT2D eigenvalue weighted by Gasteiger charge is 2.23. The maximum absolute atomic E-state index is 13.6. The SMILES string of the molecule is COC(=O)c1cc(F)c(C=CCC=O)cc1[N+](=O)[O-]. The fourth-order valence-corrected chi connectivity index (χ4v) is 1.38.